The Labute approximate surface area is 145 Å². The molecule has 0 fully saturated rings. The first-order valence-corrected chi connectivity index (χ1v) is 8.96. The van der Waals surface area contributed by atoms with Crippen molar-refractivity contribution in [2.75, 3.05) is 18.6 Å². The molecular formula is C17H29ClN2OS. The number of carbonyl (C=O) groups is 1. The first-order chi connectivity index (χ1) is 10.0. The molecule has 0 spiro atoms. The van der Waals surface area contributed by atoms with Crippen LogP contribution in [0.5, 0.6) is 0 Å². The molecule has 0 aliphatic rings. The molecule has 2 unspecified atom stereocenters. The summed E-state index contributed by atoms with van der Waals surface area (Å²) in [6.07, 6.45) is 3.67. The fourth-order valence-electron chi connectivity index (χ4n) is 2.37. The predicted molar refractivity (Wildman–Crippen MR) is 100 cm³/mol. The fourth-order valence-corrected chi connectivity index (χ4v) is 2.86. The molecule has 0 aromatic heterocycles. The summed E-state index contributed by atoms with van der Waals surface area (Å²) in [6.45, 7) is 5.02. The topological polar surface area (TPSA) is 55.1 Å². The monoisotopic (exact) mass is 344 g/mol. The smallest absolute Gasteiger partial charge is 0.159 e. The van der Waals surface area contributed by atoms with Gasteiger partial charge in [-0.15, -0.1) is 12.4 Å². The molecular weight excluding hydrogens is 316 g/mol. The van der Waals surface area contributed by atoms with E-state index in [1.807, 2.05) is 24.5 Å². The third kappa shape index (κ3) is 8.79. The Morgan fingerprint density at radius 3 is 2.45 bits per heavy atom. The quantitative estimate of drug-likeness (QED) is 0.685. The van der Waals surface area contributed by atoms with Crippen LogP contribution < -0.4 is 11.1 Å². The minimum atomic E-state index is -0.141. The highest BCUT2D eigenvalue weighted by Gasteiger charge is 2.19. The van der Waals surface area contributed by atoms with E-state index in [9.17, 15) is 4.79 Å². The maximum absolute atomic E-state index is 12.3. The Morgan fingerprint density at radius 1 is 1.27 bits per heavy atom. The Bertz CT molecular complexity index is 414. The lowest BCUT2D eigenvalue weighted by Crippen LogP contribution is -2.45. The zero-order valence-electron chi connectivity index (χ0n) is 13.7. The van der Waals surface area contributed by atoms with E-state index in [-0.39, 0.29) is 30.3 Å². The first-order valence-electron chi connectivity index (χ1n) is 7.57. The summed E-state index contributed by atoms with van der Waals surface area (Å²) in [5.41, 5.74) is 7.29. The van der Waals surface area contributed by atoms with E-state index in [2.05, 4.69) is 31.3 Å². The maximum Gasteiger partial charge on any atom is 0.159 e. The van der Waals surface area contributed by atoms with Crippen LogP contribution in [0.25, 0.3) is 0 Å². The van der Waals surface area contributed by atoms with E-state index in [1.165, 1.54) is 5.56 Å². The van der Waals surface area contributed by atoms with Gasteiger partial charge in [-0.25, -0.2) is 0 Å². The molecule has 3 nitrogen and oxygen atoms in total. The predicted octanol–water partition coefficient (Wildman–Crippen LogP) is 2.91. The second-order valence-corrected chi connectivity index (χ2v) is 6.81. The van der Waals surface area contributed by atoms with E-state index >= 15 is 0 Å². The number of hydrogen-bond acceptors (Lipinski definition) is 4. The number of ketones is 1. The number of hydrogen-bond donors (Lipinski definition) is 2. The average molecular weight is 345 g/mol. The van der Waals surface area contributed by atoms with Crippen LogP contribution in [0.1, 0.15) is 25.8 Å². The van der Waals surface area contributed by atoms with Crippen molar-refractivity contribution in [2.24, 2.45) is 11.7 Å². The number of Topliss-reactive ketones (excluding diaryl/α,β-unsaturated/α-hetero) is 1. The molecule has 0 saturated carbocycles. The number of nitrogens with two attached hydrogens (primary N) is 1. The summed E-state index contributed by atoms with van der Waals surface area (Å²) in [5, 5.41) is 3.37. The van der Waals surface area contributed by atoms with Gasteiger partial charge in [-0.3, -0.25) is 4.79 Å². The summed E-state index contributed by atoms with van der Waals surface area (Å²) in [4.78, 5) is 12.3. The molecule has 1 aromatic carbocycles. The molecule has 0 bridgehead atoms. The van der Waals surface area contributed by atoms with E-state index in [1.54, 1.807) is 11.8 Å². The normalized spacial score (nSPS) is 13.5. The fraction of sp³-hybridized carbons (Fsp3) is 0.588. The number of halogens is 1. The summed E-state index contributed by atoms with van der Waals surface area (Å²) in [7, 11) is 0. The highest BCUT2D eigenvalue weighted by Crippen LogP contribution is 2.07. The Morgan fingerprint density at radius 2 is 1.91 bits per heavy atom. The standard InChI is InChI=1S/C17H28N2OS.ClH/c1-13(2)9-15(18)11-19-16(17(20)12-21-3)10-14-7-5-4-6-8-14;/h4-8,13,15-16,19H,9-12,18H2,1-3H3;1H. The third-order valence-electron chi connectivity index (χ3n) is 3.36. The minimum absolute atomic E-state index is 0. The second kappa shape index (κ2) is 11.9. The van der Waals surface area contributed by atoms with Crippen molar-refractivity contribution in [1.82, 2.24) is 5.32 Å². The molecule has 0 aliphatic carbocycles. The lowest BCUT2D eigenvalue weighted by molar-refractivity contribution is -0.118. The van der Waals surface area contributed by atoms with Crippen molar-refractivity contribution in [1.29, 1.82) is 0 Å². The number of carbonyl (C=O) groups excluding carboxylic acids is 1. The van der Waals surface area contributed by atoms with Crippen molar-refractivity contribution in [2.45, 2.75) is 38.8 Å². The van der Waals surface area contributed by atoms with Gasteiger partial charge in [0.15, 0.2) is 5.78 Å². The summed E-state index contributed by atoms with van der Waals surface area (Å²) in [6, 6.07) is 10.1. The van der Waals surface area contributed by atoms with Crippen LogP contribution >= 0.6 is 24.2 Å². The van der Waals surface area contributed by atoms with E-state index in [4.69, 9.17) is 5.73 Å². The average Bonchev–Trinajstić information content (AvgIpc) is 2.44. The molecule has 2 atom stereocenters. The zero-order chi connectivity index (χ0) is 15.7. The van der Waals surface area contributed by atoms with Crippen LogP contribution in [0.4, 0.5) is 0 Å². The second-order valence-electron chi connectivity index (χ2n) is 5.94. The van der Waals surface area contributed by atoms with Crippen LogP contribution in [0, 0.1) is 5.92 Å². The molecule has 0 radical (unpaired) electrons. The third-order valence-corrected chi connectivity index (χ3v) is 3.93. The van der Waals surface area contributed by atoms with Gasteiger partial charge in [0.1, 0.15) is 0 Å². The number of rotatable bonds is 10. The van der Waals surface area contributed by atoms with Gasteiger partial charge in [0.2, 0.25) is 0 Å². The van der Waals surface area contributed by atoms with Gasteiger partial charge in [0, 0.05) is 12.6 Å². The Hall–Kier alpha value is -0.550. The lowest BCUT2D eigenvalue weighted by Gasteiger charge is -2.21. The molecule has 1 rings (SSSR count). The highest BCUT2D eigenvalue weighted by atomic mass is 35.5. The number of benzene rings is 1. The molecule has 0 heterocycles. The van der Waals surface area contributed by atoms with Gasteiger partial charge in [-0.05, 0) is 30.6 Å². The molecule has 0 amide bonds. The largest absolute Gasteiger partial charge is 0.327 e. The Kier molecular flexibility index (Phi) is 11.6. The van der Waals surface area contributed by atoms with Crippen molar-refractivity contribution in [3.05, 3.63) is 35.9 Å². The Balaban J connectivity index is 0.00000441. The van der Waals surface area contributed by atoms with Crippen molar-refractivity contribution >= 4 is 30.0 Å². The van der Waals surface area contributed by atoms with Crippen LogP contribution in [-0.2, 0) is 11.2 Å². The summed E-state index contributed by atoms with van der Waals surface area (Å²) >= 11 is 1.57. The van der Waals surface area contributed by atoms with Crippen LogP contribution in [0.2, 0.25) is 0 Å². The van der Waals surface area contributed by atoms with Gasteiger partial charge in [-0.2, -0.15) is 11.8 Å². The van der Waals surface area contributed by atoms with Gasteiger partial charge in [-0.1, -0.05) is 44.2 Å². The van der Waals surface area contributed by atoms with Crippen molar-refractivity contribution < 1.29 is 4.79 Å². The summed E-state index contributed by atoms with van der Waals surface area (Å²) < 4.78 is 0. The van der Waals surface area contributed by atoms with E-state index < -0.39 is 0 Å². The first kappa shape index (κ1) is 21.4. The SMILES string of the molecule is CSCC(=O)C(Cc1ccccc1)NCC(N)CC(C)C.Cl. The van der Waals surface area contributed by atoms with Gasteiger partial charge in [0.25, 0.3) is 0 Å². The van der Waals surface area contributed by atoms with E-state index in [0.717, 1.165) is 12.8 Å². The van der Waals surface area contributed by atoms with E-state index in [0.29, 0.717) is 18.2 Å². The van der Waals surface area contributed by atoms with Crippen LogP contribution in [0.3, 0.4) is 0 Å². The molecule has 1 aromatic rings. The molecule has 0 aliphatic heterocycles. The zero-order valence-corrected chi connectivity index (χ0v) is 15.4. The number of nitrogens with one attached hydrogen (secondary N) is 1. The van der Waals surface area contributed by atoms with Gasteiger partial charge >= 0.3 is 0 Å². The molecule has 3 N–H and O–H groups in total. The molecule has 126 valence electrons. The van der Waals surface area contributed by atoms with Crippen LogP contribution in [0.15, 0.2) is 30.3 Å². The number of thioether (sulfide) groups is 1. The van der Waals surface area contributed by atoms with Gasteiger partial charge < -0.3 is 11.1 Å². The molecule has 22 heavy (non-hydrogen) atoms. The van der Waals surface area contributed by atoms with Crippen LogP contribution in [-0.4, -0.2) is 36.4 Å². The molecule has 5 heteroatoms. The van der Waals surface area contributed by atoms with Crippen molar-refractivity contribution in [3.63, 3.8) is 0 Å². The molecule has 0 saturated heterocycles. The maximum atomic E-state index is 12.3. The summed E-state index contributed by atoms with van der Waals surface area (Å²) in [5.74, 6) is 1.38. The van der Waals surface area contributed by atoms with Gasteiger partial charge in [0.05, 0.1) is 11.8 Å². The van der Waals surface area contributed by atoms with Crippen molar-refractivity contribution in [3.8, 4) is 0 Å². The highest BCUT2D eigenvalue weighted by molar-refractivity contribution is 7.99. The minimum Gasteiger partial charge on any atom is -0.327 e. The lowest BCUT2D eigenvalue weighted by atomic mass is 10.0.